The second-order valence-corrected chi connectivity index (χ2v) is 6.52. The smallest absolute Gasteiger partial charge is 0.224 e. The minimum Gasteiger partial charge on any atom is -0.325 e. The Balaban J connectivity index is 1.68. The highest BCUT2D eigenvalue weighted by Crippen LogP contribution is 2.37. The number of nitrogens with one attached hydrogen (secondary N) is 1. The Kier molecular flexibility index (Phi) is 5.07. The second-order valence-electron chi connectivity index (χ2n) is 6.52. The molecule has 2 heterocycles. The van der Waals surface area contributed by atoms with Gasteiger partial charge in [0, 0.05) is 31.2 Å². The van der Waals surface area contributed by atoms with Crippen molar-refractivity contribution in [3.05, 3.63) is 24.3 Å². The summed E-state index contributed by atoms with van der Waals surface area (Å²) < 4.78 is 1.72. The summed E-state index contributed by atoms with van der Waals surface area (Å²) >= 11 is 0. The predicted octanol–water partition coefficient (Wildman–Crippen LogP) is 3.22. The van der Waals surface area contributed by atoms with E-state index in [1.807, 2.05) is 38.1 Å². The molecule has 26 heavy (non-hydrogen) atoms. The number of tetrazole rings is 1. The Labute approximate surface area is 152 Å². The van der Waals surface area contributed by atoms with Crippen LogP contribution in [0.3, 0.4) is 0 Å². The molecule has 1 aliphatic rings. The standard InChI is InChI=1S/C18H21N7O/c1-4-5-11-18(21-22-18)12-10-16(26)19-15-9-7-6-8-14(15)17-20-23-24-25(17)13(2)3/h1,6-9,13H,5,10-12H2,2-3H3,(H,19,26). The lowest BCUT2D eigenvalue weighted by molar-refractivity contribution is -0.116. The maximum atomic E-state index is 12.4. The van der Waals surface area contributed by atoms with Crippen LogP contribution >= 0.6 is 0 Å². The van der Waals surface area contributed by atoms with Gasteiger partial charge in [0.2, 0.25) is 5.91 Å². The number of carbonyl (C=O) groups excluding carboxylic acids is 1. The Bertz CT molecular complexity index is 856. The summed E-state index contributed by atoms with van der Waals surface area (Å²) in [5, 5.41) is 22.9. The predicted molar refractivity (Wildman–Crippen MR) is 97.2 cm³/mol. The first-order chi connectivity index (χ1) is 12.5. The van der Waals surface area contributed by atoms with Crippen LogP contribution in [-0.2, 0) is 4.79 Å². The Morgan fingerprint density at radius 3 is 2.77 bits per heavy atom. The number of amides is 1. The molecule has 0 atom stereocenters. The molecule has 3 rings (SSSR count). The van der Waals surface area contributed by atoms with E-state index >= 15 is 0 Å². The van der Waals surface area contributed by atoms with Gasteiger partial charge in [0.15, 0.2) is 11.5 Å². The van der Waals surface area contributed by atoms with Gasteiger partial charge in [0.1, 0.15) is 0 Å². The van der Waals surface area contributed by atoms with E-state index in [0.29, 0.717) is 37.2 Å². The third-order valence-electron chi connectivity index (χ3n) is 4.23. The Morgan fingerprint density at radius 1 is 1.31 bits per heavy atom. The molecule has 8 nitrogen and oxygen atoms in total. The van der Waals surface area contributed by atoms with Crippen molar-refractivity contribution in [1.82, 2.24) is 20.2 Å². The van der Waals surface area contributed by atoms with Crippen molar-refractivity contribution in [1.29, 1.82) is 0 Å². The van der Waals surface area contributed by atoms with Crippen LogP contribution in [0.4, 0.5) is 5.69 Å². The number of hydrogen-bond acceptors (Lipinski definition) is 6. The lowest BCUT2D eigenvalue weighted by atomic mass is 10.0. The SMILES string of the molecule is C#CCCC1(CCC(=O)Nc2ccccc2-c2nnnn2C(C)C)N=N1. The molecule has 1 amide bonds. The van der Waals surface area contributed by atoms with E-state index in [9.17, 15) is 4.79 Å². The van der Waals surface area contributed by atoms with Gasteiger partial charge in [-0.1, -0.05) is 12.1 Å². The zero-order valence-corrected chi connectivity index (χ0v) is 14.9. The quantitative estimate of drug-likeness (QED) is 0.738. The average molecular weight is 351 g/mol. The van der Waals surface area contributed by atoms with Gasteiger partial charge < -0.3 is 5.32 Å². The average Bonchev–Trinajstić information content (AvgIpc) is 3.23. The lowest BCUT2D eigenvalue weighted by Crippen LogP contribution is -2.18. The molecule has 0 spiro atoms. The number of benzene rings is 1. The molecule has 0 fully saturated rings. The van der Waals surface area contributed by atoms with Crippen molar-refractivity contribution >= 4 is 11.6 Å². The lowest BCUT2D eigenvalue weighted by Gasteiger charge is -2.13. The van der Waals surface area contributed by atoms with Crippen molar-refractivity contribution in [3.8, 4) is 23.7 Å². The highest BCUT2D eigenvalue weighted by atomic mass is 16.1. The fourth-order valence-corrected chi connectivity index (χ4v) is 2.70. The molecule has 0 bridgehead atoms. The van der Waals surface area contributed by atoms with Crippen LogP contribution in [0.2, 0.25) is 0 Å². The summed E-state index contributed by atoms with van der Waals surface area (Å²) in [4.78, 5) is 12.4. The highest BCUT2D eigenvalue weighted by Gasteiger charge is 2.39. The number of hydrogen-bond donors (Lipinski definition) is 1. The number of anilines is 1. The molecule has 8 heteroatoms. The number of para-hydroxylation sites is 1. The van der Waals surface area contributed by atoms with Crippen molar-refractivity contribution in [2.45, 2.75) is 51.2 Å². The zero-order valence-electron chi connectivity index (χ0n) is 14.9. The van der Waals surface area contributed by atoms with Gasteiger partial charge in [-0.15, -0.1) is 17.4 Å². The monoisotopic (exact) mass is 351 g/mol. The molecule has 134 valence electrons. The van der Waals surface area contributed by atoms with Gasteiger partial charge in [-0.3, -0.25) is 4.79 Å². The largest absolute Gasteiger partial charge is 0.325 e. The number of nitrogens with zero attached hydrogens (tertiary/aromatic N) is 6. The molecule has 1 aliphatic heterocycles. The summed E-state index contributed by atoms with van der Waals surface area (Å²) in [6.07, 6.45) is 7.47. The summed E-state index contributed by atoms with van der Waals surface area (Å²) in [6.45, 7) is 4.00. The van der Waals surface area contributed by atoms with Gasteiger partial charge in [-0.05, 0) is 36.4 Å². The fourth-order valence-electron chi connectivity index (χ4n) is 2.70. The van der Waals surface area contributed by atoms with Crippen molar-refractivity contribution in [2.75, 3.05) is 5.32 Å². The molecule has 0 saturated carbocycles. The summed E-state index contributed by atoms with van der Waals surface area (Å²) in [6, 6.07) is 7.59. The maximum Gasteiger partial charge on any atom is 0.224 e. The first-order valence-electron chi connectivity index (χ1n) is 8.59. The second kappa shape index (κ2) is 7.44. The van der Waals surface area contributed by atoms with Gasteiger partial charge in [0.25, 0.3) is 0 Å². The zero-order chi connectivity index (χ0) is 18.6. The van der Waals surface area contributed by atoms with Gasteiger partial charge in [-0.2, -0.15) is 10.2 Å². The van der Waals surface area contributed by atoms with Crippen LogP contribution in [0.5, 0.6) is 0 Å². The van der Waals surface area contributed by atoms with Crippen molar-refractivity contribution in [2.24, 2.45) is 10.2 Å². The minimum absolute atomic E-state index is 0.0987. The van der Waals surface area contributed by atoms with Gasteiger partial charge in [-0.25, -0.2) is 4.68 Å². The topological polar surface area (TPSA) is 97.4 Å². The number of terminal acetylenes is 1. The molecule has 0 unspecified atom stereocenters. The first kappa shape index (κ1) is 17.7. The maximum absolute atomic E-state index is 12.4. The normalized spacial score (nSPS) is 14.2. The van der Waals surface area contributed by atoms with Crippen LogP contribution in [0.25, 0.3) is 11.4 Å². The van der Waals surface area contributed by atoms with E-state index in [0.717, 1.165) is 5.56 Å². The van der Waals surface area contributed by atoms with Crippen LogP contribution in [-0.4, -0.2) is 31.8 Å². The molecule has 1 aromatic heterocycles. The number of carbonyl (C=O) groups is 1. The molecule has 1 aromatic carbocycles. The molecule has 2 aromatic rings. The van der Waals surface area contributed by atoms with E-state index in [-0.39, 0.29) is 11.9 Å². The van der Waals surface area contributed by atoms with Crippen LogP contribution in [0.15, 0.2) is 34.5 Å². The molecular weight excluding hydrogens is 330 g/mol. The van der Waals surface area contributed by atoms with Crippen molar-refractivity contribution in [3.63, 3.8) is 0 Å². The molecule has 0 radical (unpaired) electrons. The number of aromatic nitrogens is 4. The van der Waals surface area contributed by atoms with E-state index in [4.69, 9.17) is 6.42 Å². The Hall–Kier alpha value is -3.08. The van der Waals surface area contributed by atoms with E-state index in [1.54, 1.807) is 4.68 Å². The molecule has 0 aliphatic carbocycles. The molecular formula is C18H21N7O. The summed E-state index contributed by atoms with van der Waals surface area (Å²) in [5.41, 5.74) is 1.00. The Morgan fingerprint density at radius 2 is 2.08 bits per heavy atom. The summed E-state index contributed by atoms with van der Waals surface area (Å²) in [5.74, 6) is 3.11. The summed E-state index contributed by atoms with van der Waals surface area (Å²) in [7, 11) is 0. The molecule has 1 N–H and O–H groups in total. The molecule has 0 saturated heterocycles. The van der Waals surface area contributed by atoms with Gasteiger partial charge in [0.05, 0.1) is 11.7 Å². The first-order valence-corrected chi connectivity index (χ1v) is 8.59. The third kappa shape index (κ3) is 3.94. The fraction of sp³-hybridized carbons (Fsp3) is 0.444. The minimum atomic E-state index is -0.453. The van der Waals surface area contributed by atoms with Crippen LogP contribution in [0.1, 0.15) is 45.6 Å². The van der Waals surface area contributed by atoms with Crippen LogP contribution in [0, 0.1) is 12.3 Å². The van der Waals surface area contributed by atoms with E-state index < -0.39 is 5.66 Å². The number of rotatable bonds is 8. The van der Waals surface area contributed by atoms with E-state index in [2.05, 4.69) is 37.0 Å². The highest BCUT2D eigenvalue weighted by molar-refractivity contribution is 5.94. The van der Waals surface area contributed by atoms with Crippen molar-refractivity contribution < 1.29 is 4.79 Å². The van der Waals surface area contributed by atoms with Gasteiger partial charge >= 0.3 is 0 Å². The van der Waals surface area contributed by atoms with Crippen LogP contribution < -0.4 is 5.32 Å². The third-order valence-corrected chi connectivity index (χ3v) is 4.23. The van der Waals surface area contributed by atoms with E-state index in [1.165, 1.54) is 0 Å².